The summed E-state index contributed by atoms with van der Waals surface area (Å²) in [7, 11) is 1.59. The number of hydrogen-bond acceptors (Lipinski definition) is 5. The van der Waals surface area contributed by atoms with Gasteiger partial charge < -0.3 is 14.5 Å². The first-order valence-electron chi connectivity index (χ1n) is 9.58. The Kier molecular flexibility index (Phi) is 6.34. The first-order valence-corrected chi connectivity index (χ1v) is 10.4. The molecule has 2 amide bonds. The van der Waals surface area contributed by atoms with Gasteiger partial charge in [-0.15, -0.1) is 11.3 Å². The van der Waals surface area contributed by atoms with Crippen LogP contribution in [0.4, 0.5) is 0 Å². The van der Waals surface area contributed by atoms with Crippen LogP contribution in [-0.2, 0) is 6.42 Å². The van der Waals surface area contributed by atoms with Crippen molar-refractivity contribution in [2.24, 2.45) is 5.92 Å². The molecule has 1 aromatic carbocycles. The molecule has 0 N–H and O–H groups in total. The van der Waals surface area contributed by atoms with Gasteiger partial charge in [0.1, 0.15) is 10.6 Å². The number of benzene rings is 1. The molecule has 0 aliphatic carbocycles. The Morgan fingerprint density at radius 2 is 1.79 bits per heavy atom. The second-order valence-corrected chi connectivity index (χ2v) is 8.52. The summed E-state index contributed by atoms with van der Waals surface area (Å²) < 4.78 is 5.20. The summed E-state index contributed by atoms with van der Waals surface area (Å²) in [6.07, 6.45) is 0.890. The Morgan fingerprint density at radius 1 is 1.14 bits per heavy atom. The third-order valence-corrected chi connectivity index (χ3v) is 5.96. The maximum Gasteiger partial charge on any atom is 0.265 e. The van der Waals surface area contributed by atoms with Crippen molar-refractivity contribution < 1.29 is 14.3 Å². The predicted octanol–water partition coefficient (Wildman–Crippen LogP) is 3.26. The molecule has 1 aromatic heterocycles. The van der Waals surface area contributed by atoms with Crippen LogP contribution in [0.3, 0.4) is 0 Å². The highest BCUT2D eigenvalue weighted by atomic mass is 32.1. The molecule has 1 aliphatic heterocycles. The molecule has 2 heterocycles. The van der Waals surface area contributed by atoms with E-state index in [1.54, 1.807) is 24.1 Å². The van der Waals surface area contributed by atoms with Crippen LogP contribution in [0.2, 0.25) is 0 Å². The van der Waals surface area contributed by atoms with Gasteiger partial charge in [-0.05, 0) is 31.0 Å². The number of ether oxygens (including phenoxy) is 1. The summed E-state index contributed by atoms with van der Waals surface area (Å²) in [6.45, 7) is 8.32. The Labute approximate surface area is 170 Å². The molecule has 150 valence electrons. The van der Waals surface area contributed by atoms with E-state index in [2.05, 4.69) is 18.8 Å². The normalized spacial score (nSPS) is 14.5. The lowest BCUT2D eigenvalue weighted by Crippen LogP contribution is -2.50. The van der Waals surface area contributed by atoms with Gasteiger partial charge in [0.2, 0.25) is 0 Å². The minimum atomic E-state index is -0.0285. The molecule has 0 bridgehead atoms. The van der Waals surface area contributed by atoms with Crippen LogP contribution >= 0.6 is 11.3 Å². The Morgan fingerprint density at radius 3 is 2.39 bits per heavy atom. The van der Waals surface area contributed by atoms with E-state index in [0.29, 0.717) is 43.4 Å². The van der Waals surface area contributed by atoms with Gasteiger partial charge in [0.15, 0.2) is 0 Å². The molecular weight excluding hydrogens is 374 g/mol. The molecule has 0 radical (unpaired) electrons. The van der Waals surface area contributed by atoms with E-state index in [1.807, 2.05) is 24.0 Å². The second-order valence-electron chi connectivity index (χ2n) is 7.44. The van der Waals surface area contributed by atoms with Crippen LogP contribution < -0.4 is 4.74 Å². The number of aromatic nitrogens is 1. The number of piperazine rings is 1. The number of carbonyl (C=O) groups excluding carboxylic acids is 2. The van der Waals surface area contributed by atoms with Crippen LogP contribution in [0.15, 0.2) is 24.3 Å². The summed E-state index contributed by atoms with van der Waals surface area (Å²) in [5.41, 5.74) is 1.41. The molecule has 2 aromatic rings. The molecule has 0 spiro atoms. The molecule has 1 saturated heterocycles. The van der Waals surface area contributed by atoms with E-state index in [0.717, 1.165) is 22.0 Å². The molecular formula is C21H27N3O3S. The fraction of sp³-hybridized carbons (Fsp3) is 0.476. The van der Waals surface area contributed by atoms with Gasteiger partial charge in [0.25, 0.3) is 11.8 Å². The Balaban J connectivity index is 1.62. The predicted molar refractivity (Wildman–Crippen MR) is 110 cm³/mol. The molecule has 1 fully saturated rings. The fourth-order valence-corrected chi connectivity index (χ4v) is 4.53. The van der Waals surface area contributed by atoms with Crippen LogP contribution in [-0.4, -0.2) is 59.9 Å². The number of rotatable bonds is 5. The number of hydrogen-bond donors (Lipinski definition) is 0. The third kappa shape index (κ3) is 4.52. The molecule has 0 saturated carbocycles. The van der Waals surface area contributed by atoms with Crippen LogP contribution in [0, 0.1) is 12.8 Å². The third-order valence-electron chi connectivity index (χ3n) is 4.79. The second kappa shape index (κ2) is 8.73. The van der Waals surface area contributed by atoms with E-state index in [9.17, 15) is 9.59 Å². The van der Waals surface area contributed by atoms with Crippen LogP contribution in [0.25, 0.3) is 0 Å². The zero-order chi connectivity index (χ0) is 20.3. The number of aryl methyl sites for hydroxylation is 1. The molecule has 0 unspecified atom stereocenters. The maximum atomic E-state index is 12.9. The SMILES string of the molecule is COc1cccc(C(=O)N2CCN(C(=O)c3sc(CC(C)C)nc3C)CC2)c1. The van der Waals surface area contributed by atoms with Crippen LogP contribution in [0.5, 0.6) is 5.75 Å². The molecule has 7 heteroatoms. The van der Waals surface area contributed by atoms with Gasteiger partial charge >= 0.3 is 0 Å². The standard InChI is InChI=1S/C21H27N3O3S/c1-14(2)12-18-22-15(3)19(28-18)21(26)24-10-8-23(9-11-24)20(25)16-6-5-7-17(13-16)27-4/h5-7,13-14H,8-12H2,1-4H3. The first kappa shape index (κ1) is 20.3. The Hall–Kier alpha value is -2.41. The van der Waals surface area contributed by atoms with Gasteiger partial charge in [-0.2, -0.15) is 0 Å². The summed E-state index contributed by atoms with van der Waals surface area (Å²) in [5.74, 6) is 1.18. The van der Waals surface area contributed by atoms with E-state index in [1.165, 1.54) is 11.3 Å². The molecule has 28 heavy (non-hydrogen) atoms. The summed E-state index contributed by atoms with van der Waals surface area (Å²) in [5, 5.41) is 1.02. The maximum absolute atomic E-state index is 12.9. The van der Waals surface area contributed by atoms with Crippen molar-refractivity contribution in [3.05, 3.63) is 45.4 Å². The zero-order valence-corrected chi connectivity index (χ0v) is 17.7. The minimum absolute atomic E-state index is 0.0264. The average Bonchev–Trinajstić information content (AvgIpc) is 3.06. The van der Waals surface area contributed by atoms with Crippen molar-refractivity contribution in [3.63, 3.8) is 0 Å². The Bertz CT molecular complexity index is 854. The van der Waals surface area contributed by atoms with Gasteiger partial charge in [-0.3, -0.25) is 9.59 Å². The molecule has 0 atom stereocenters. The highest BCUT2D eigenvalue weighted by Gasteiger charge is 2.28. The van der Waals surface area contributed by atoms with E-state index >= 15 is 0 Å². The minimum Gasteiger partial charge on any atom is -0.497 e. The van der Waals surface area contributed by atoms with Gasteiger partial charge in [0, 0.05) is 38.2 Å². The van der Waals surface area contributed by atoms with Crippen molar-refractivity contribution in [2.75, 3.05) is 33.3 Å². The van der Waals surface area contributed by atoms with E-state index < -0.39 is 0 Å². The summed E-state index contributed by atoms with van der Waals surface area (Å²) in [4.78, 5) is 34.6. The van der Waals surface area contributed by atoms with Crippen LogP contribution in [0.1, 0.15) is 44.6 Å². The van der Waals surface area contributed by atoms with E-state index in [-0.39, 0.29) is 11.8 Å². The van der Waals surface area contributed by atoms with Crippen molar-refractivity contribution in [1.29, 1.82) is 0 Å². The zero-order valence-electron chi connectivity index (χ0n) is 16.9. The smallest absolute Gasteiger partial charge is 0.265 e. The van der Waals surface area contributed by atoms with Gasteiger partial charge in [-0.25, -0.2) is 4.98 Å². The lowest BCUT2D eigenvalue weighted by Gasteiger charge is -2.34. The average molecular weight is 402 g/mol. The van der Waals surface area contributed by atoms with Crippen molar-refractivity contribution in [1.82, 2.24) is 14.8 Å². The molecule has 6 nitrogen and oxygen atoms in total. The van der Waals surface area contributed by atoms with Gasteiger partial charge in [-0.1, -0.05) is 19.9 Å². The lowest BCUT2D eigenvalue weighted by molar-refractivity contribution is 0.0537. The largest absolute Gasteiger partial charge is 0.497 e. The first-order chi connectivity index (χ1) is 13.4. The number of amides is 2. The highest BCUT2D eigenvalue weighted by Crippen LogP contribution is 2.23. The fourth-order valence-electron chi connectivity index (χ4n) is 3.28. The van der Waals surface area contributed by atoms with Crippen molar-refractivity contribution in [3.8, 4) is 5.75 Å². The summed E-state index contributed by atoms with van der Waals surface area (Å²) >= 11 is 1.50. The summed E-state index contributed by atoms with van der Waals surface area (Å²) in [6, 6.07) is 7.17. The topological polar surface area (TPSA) is 62.7 Å². The van der Waals surface area contributed by atoms with E-state index in [4.69, 9.17) is 4.74 Å². The number of methoxy groups -OCH3 is 1. The lowest BCUT2D eigenvalue weighted by atomic mass is 10.1. The van der Waals surface area contributed by atoms with Crippen molar-refractivity contribution >= 4 is 23.2 Å². The molecule has 3 rings (SSSR count). The number of nitrogens with zero attached hydrogens (tertiary/aromatic N) is 3. The number of carbonyl (C=O) groups is 2. The molecule has 1 aliphatic rings. The quantitative estimate of drug-likeness (QED) is 0.772. The van der Waals surface area contributed by atoms with Crippen molar-refractivity contribution in [2.45, 2.75) is 27.2 Å². The van der Waals surface area contributed by atoms with Gasteiger partial charge in [0.05, 0.1) is 17.8 Å². The monoisotopic (exact) mass is 401 g/mol. The number of thiazole rings is 1. The highest BCUT2D eigenvalue weighted by molar-refractivity contribution is 7.13.